The van der Waals surface area contributed by atoms with E-state index in [1.807, 2.05) is 54.6 Å². The standard InChI is InChI=1S/C24H19BrINO3/c25-18-8-11-21-20(14-18)24(30,15-22(28)17-6-9-19(26)10-7-17)23(29)27(21)13-12-16-4-2-1-3-5-16/h1-11,14,30H,12-13,15H2. The van der Waals surface area contributed by atoms with Gasteiger partial charge in [-0.05, 0) is 64.9 Å². The van der Waals surface area contributed by atoms with Crippen LogP contribution in [-0.2, 0) is 16.8 Å². The van der Waals surface area contributed by atoms with E-state index in [-0.39, 0.29) is 12.2 Å². The molecule has 1 aliphatic heterocycles. The van der Waals surface area contributed by atoms with E-state index in [1.54, 1.807) is 23.1 Å². The Morgan fingerprint density at radius 1 is 1.03 bits per heavy atom. The highest BCUT2D eigenvalue weighted by molar-refractivity contribution is 14.1. The number of anilines is 1. The minimum Gasteiger partial charge on any atom is -0.375 e. The van der Waals surface area contributed by atoms with Gasteiger partial charge in [-0.25, -0.2) is 0 Å². The van der Waals surface area contributed by atoms with E-state index in [9.17, 15) is 14.7 Å². The first-order valence-electron chi connectivity index (χ1n) is 9.55. The van der Waals surface area contributed by atoms with E-state index >= 15 is 0 Å². The van der Waals surface area contributed by atoms with Crippen LogP contribution in [0, 0.1) is 3.57 Å². The van der Waals surface area contributed by atoms with Gasteiger partial charge in [0.2, 0.25) is 0 Å². The van der Waals surface area contributed by atoms with Crippen LogP contribution < -0.4 is 4.90 Å². The molecule has 0 aromatic heterocycles. The zero-order valence-electron chi connectivity index (χ0n) is 16.0. The summed E-state index contributed by atoms with van der Waals surface area (Å²) < 4.78 is 1.76. The quantitative estimate of drug-likeness (QED) is 0.328. The molecule has 0 saturated heterocycles. The van der Waals surface area contributed by atoms with E-state index in [4.69, 9.17) is 0 Å². The highest BCUT2D eigenvalue weighted by Crippen LogP contribution is 2.44. The fourth-order valence-corrected chi connectivity index (χ4v) is 4.49. The molecule has 30 heavy (non-hydrogen) atoms. The molecule has 3 aromatic rings. The fraction of sp³-hybridized carbons (Fsp3) is 0.167. The summed E-state index contributed by atoms with van der Waals surface area (Å²) >= 11 is 5.59. The molecule has 0 spiro atoms. The Balaban J connectivity index is 1.64. The van der Waals surface area contributed by atoms with Crippen molar-refractivity contribution in [3.63, 3.8) is 0 Å². The van der Waals surface area contributed by atoms with E-state index in [0.29, 0.717) is 29.8 Å². The van der Waals surface area contributed by atoms with Crippen molar-refractivity contribution in [2.45, 2.75) is 18.4 Å². The van der Waals surface area contributed by atoms with Crippen LogP contribution in [0.1, 0.15) is 27.9 Å². The first-order valence-corrected chi connectivity index (χ1v) is 11.4. The van der Waals surface area contributed by atoms with Gasteiger partial charge in [-0.3, -0.25) is 9.59 Å². The molecule has 152 valence electrons. The van der Waals surface area contributed by atoms with Gasteiger partial charge in [0.25, 0.3) is 5.91 Å². The van der Waals surface area contributed by atoms with Crippen molar-refractivity contribution in [2.24, 2.45) is 0 Å². The van der Waals surface area contributed by atoms with Gasteiger partial charge in [-0.15, -0.1) is 0 Å². The summed E-state index contributed by atoms with van der Waals surface area (Å²) in [4.78, 5) is 27.8. The molecule has 1 amide bonds. The summed E-state index contributed by atoms with van der Waals surface area (Å²) in [5.74, 6) is -0.719. The minimum atomic E-state index is -1.88. The molecule has 1 heterocycles. The zero-order valence-corrected chi connectivity index (χ0v) is 19.8. The first-order chi connectivity index (χ1) is 14.4. The predicted molar refractivity (Wildman–Crippen MR) is 129 cm³/mol. The topological polar surface area (TPSA) is 57.6 Å². The number of hydrogen-bond acceptors (Lipinski definition) is 3. The number of nitrogens with zero attached hydrogens (tertiary/aromatic N) is 1. The van der Waals surface area contributed by atoms with Crippen LogP contribution in [0.3, 0.4) is 0 Å². The lowest BCUT2D eigenvalue weighted by atomic mass is 9.88. The number of carbonyl (C=O) groups excluding carboxylic acids is 2. The first kappa shape index (κ1) is 21.2. The van der Waals surface area contributed by atoms with Gasteiger partial charge in [0.05, 0.1) is 12.1 Å². The van der Waals surface area contributed by atoms with Gasteiger partial charge < -0.3 is 10.0 Å². The van der Waals surface area contributed by atoms with E-state index < -0.39 is 11.5 Å². The number of hydrogen-bond donors (Lipinski definition) is 1. The summed E-state index contributed by atoms with van der Waals surface area (Å²) in [6.07, 6.45) is 0.362. The number of halogens is 2. The smallest absolute Gasteiger partial charge is 0.264 e. The van der Waals surface area contributed by atoms with Crippen LogP contribution in [0.25, 0.3) is 0 Å². The maximum atomic E-state index is 13.3. The molecule has 1 N–H and O–H groups in total. The third-order valence-electron chi connectivity index (χ3n) is 5.34. The molecule has 6 heteroatoms. The van der Waals surface area contributed by atoms with Crippen molar-refractivity contribution >= 4 is 55.9 Å². The van der Waals surface area contributed by atoms with Gasteiger partial charge in [0.15, 0.2) is 11.4 Å². The van der Waals surface area contributed by atoms with Crippen molar-refractivity contribution < 1.29 is 14.7 Å². The largest absolute Gasteiger partial charge is 0.375 e. The Labute approximate surface area is 197 Å². The van der Waals surface area contributed by atoms with Crippen molar-refractivity contribution in [3.8, 4) is 0 Å². The molecular formula is C24H19BrINO3. The Morgan fingerprint density at radius 3 is 2.43 bits per heavy atom. The third kappa shape index (κ3) is 4.08. The summed E-state index contributed by atoms with van der Waals surface area (Å²) in [6.45, 7) is 0.428. The average molecular weight is 576 g/mol. The third-order valence-corrected chi connectivity index (χ3v) is 6.56. The van der Waals surface area contributed by atoms with Crippen LogP contribution in [0.4, 0.5) is 5.69 Å². The van der Waals surface area contributed by atoms with Crippen LogP contribution in [-0.4, -0.2) is 23.3 Å². The maximum Gasteiger partial charge on any atom is 0.264 e. The zero-order chi connectivity index (χ0) is 21.3. The number of Topliss-reactive ketones (excluding diaryl/α,β-unsaturated/α-hetero) is 1. The van der Waals surface area contributed by atoms with Gasteiger partial charge in [-0.2, -0.15) is 0 Å². The maximum absolute atomic E-state index is 13.3. The van der Waals surface area contributed by atoms with E-state index in [1.165, 1.54) is 0 Å². The summed E-state index contributed by atoms with van der Waals surface area (Å²) in [6, 6.07) is 22.4. The second-order valence-corrected chi connectivity index (χ2v) is 9.48. The van der Waals surface area contributed by atoms with Crippen molar-refractivity contribution in [1.82, 2.24) is 0 Å². The minimum absolute atomic E-state index is 0.266. The highest BCUT2D eigenvalue weighted by atomic mass is 127. The van der Waals surface area contributed by atoms with E-state index in [2.05, 4.69) is 38.5 Å². The summed E-state index contributed by atoms with van der Waals surface area (Å²) in [5, 5.41) is 11.5. The number of amides is 1. The molecule has 1 atom stereocenters. The SMILES string of the molecule is O=C(CC1(O)C(=O)N(CCc2ccccc2)c2ccc(Br)cc21)c1ccc(I)cc1. The number of rotatable bonds is 6. The lowest BCUT2D eigenvalue weighted by Gasteiger charge is -2.23. The summed E-state index contributed by atoms with van der Waals surface area (Å²) in [5.41, 5.74) is 0.826. The molecule has 0 bridgehead atoms. The van der Waals surface area contributed by atoms with Crippen LogP contribution in [0.15, 0.2) is 77.3 Å². The number of aliphatic hydroxyl groups is 1. The molecule has 0 saturated carbocycles. The Bertz CT molecular complexity index is 1100. The molecule has 4 rings (SSSR count). The fourth-order valence-electron chi connectivity index (χ4n) is 3.77. The van der Waals surface area contributed by atoms with Crippen LogP contribution in [0.5, 0.6) is 0 Å². The second-order valence-electron chi connectivity index (χ2n) is 7.32. The Kier molecular flexibility index (Phi) is 6.09. The molecular weight excluding hydrogens is 557 g/mol. The monoisotopic (exact) mass is 575 g/mol. The molecule has 3 aromatic carbocycles. The molecule has 0 fully saturated rings. The number of fused-ring (bicyclic) bond motifs is 1. The van der Waals surface area contributed by atoms with Gasteiger partial charge in [0.1, 0.15) is 0 Å². The molecule has 1 unspecified atom stereocenters. The predicted octanol–water partition coefficient (Wildman–Crippen LogP) is 5.10. The normalized spacial score (nSPS) is 17.8. The van der Waals surface area contributed by atoms with Crippen molar-refractivity contribution in [1.29, 1.82) is 0 Å². The van der Waals surface area contributed by atoms with Crippen molar-refractivity contribution in [3.05, 3.63) is 97.5 Å². The number of benzene rings is 3. The number of ketones is 1. The molecule has 0 aliphatic carbocycles. The van der Waals surface area contributed by atoms with E-state index in [0.717, 1.165) is 13.6 Å². The second kappa shape index (κ2) is 8.61. The highest BCUT2D eigenvalue weighted by Gasteiger charge is 2.50. The molecule has 0 radical (unpaired) electrons. The molecule has 4 nitrogen and oxygen atoms in total. The van der Waals surface area contributed by atoms with Gasteiger partial charge >= 0.3 is 0 Å². The van der Waals surface area contributed by atoms with Crippen LogP contribution in [0.2, 0.25) is 0 Å². The number of carbonyl (C=O) groups is 2. The average Bonchev–Trinajstić information content (AvgIpc) is 2.94. The van der Waals surface area contributed by atoms with Gasteiger partial charge in [0, 0.05) is 25.7 Å². The van der Waals surface area contributed by atoms with Crippen LogP contribution >= 0.6 is 38.5 Å². The Morgan fingerprint density at radius 2 is 1.73 bits per heavy atom. The Hall–Kier alpha value is -2.03. The lowest BCUT2D eigenvalue weighted by Crippen LogP contribution is -2.42. The van der Waals surface area contributed by atoms with Gasteiger partial charge in [-0.1, -0.05) is 58.4 Å². The summed E-state index contributed by atoms with van der Waals surface area (Å²) in [7, 11) is 0. The molecule has 1 aliphatic rings. The lowest BCUT2D eigenvalue weighted by molar-refractivity contribution is -0.135. The van der Waals surface area contributed by atoms with Crippen molar-refractivity contribution in [2.75, 3.05) is 11.4 Å².